The van der Waals surface area contributed by atoms with Crippen LogP contribution in [0.2, 0.25) is 0 Å². The van der Waals surface area contributed by atoms with E-state index >= 15 is 0 Å². The molecule has 2 N–H and O–H groups in total. The molecule has 3 rings (SSSR count). The highest BCUT2D eigenvalue weighted by atomic mass is 32.2. The summed E-state index contributed by atoms with van der Waals surface area (Å²) in [6.45, 7) is 4.26. The minimum Gasteiger partial charge on any atom is -0.406 e. The highest BCUT2D eigenvalue weighted by molar-refractivity contribution is 7.99. The molecule has 0 aliphatic heterocycles. The van der Waals surface area contributed by atoms with Gasteiger partial charge in [-0.25, -0.2) is 4.79 Å². The van der Waals surface area contributed by atoms with Crippen LogP contribution in [0.1, 0.15) is 13.8 Å². The van der Waals surface area contributed by atoms with Crippen molar-refractivity contribution in [1.82, 2.24) is 0 Å². The molecule has 0 aromatic heterocycles. The van der Waals surface area contributed by atoms with E-state index in [2.05, 4.69) is 29.2 Å². The first-order valence-corrected chi connectivity index (χ1v) is 10.4. The van der Waals surface area contributed by atoms with Crippen molar-refractivity contribution in [3.8, 4) is 16.9 Å². The van der Waals surface area contributed by atoms with Crippen molar-refractivity contribution in [3.05, 3.63) is 72.8 Å². The van der Waals surface area contributed by atoms with Gasteiger partial charge in [0.15, 0.2) is 0 Å². The molecule has 0 atom stereocenters. The van der Waals surface area contributed by atoms with Crippen LogP contribution in [0, 0.1) is 0 Å². The average Bonchev–Trinajstić information content (AvgIpc) is 2.69. The molecule has 0 bridgehead atoms. The van der Waals surface area contributed by atoms with Gasteiger partial charge in [0.2, 0.25) is 0 Å². The molecule has 0 aliphatic rings. The number of ether oxygens (including phenoxy) is 1. The zero-order valence-corrected chi connectivity index (χ0v) is 17.7. The van der Waals surface area contributed by atoms with Crippen LogP contribution in [0.4, 0.5) is 29.3 Å². The van der Waals surface area contributed by atoms with E-state index in [0.29, 0.717) is 16.6 Å². The molecule has 0 heterocycles. The molecule has 0 aliphatic carbocycles. The number of carbonyl (C=O) groups excluding carboxylic acids is 1. The summed E-state index contributed by atoms with van der Waals surface area (Å²) in [5.74, 6) is -0.358. The fraction of sp³-hybridized carbons (Fsp3) is 0.174. The molecule has 8 heteroatoms. The Kier molecular flexibility index (Phi) is 7.12. The first-order valence-electron chi connectivity index (χ1n) is 9.49. The summed E-state index contributed by atoms with van der Waals surface area (Å²) in [5, 5.41) is 5.87. The summed E-state index contributed by atoms with van der Waals surface area (Å²) in [6, 6.07) is 19.9. The lowest BCUT2D eigenvalue weighted by Gasteiger charge is -2.13. The maximum atomic E-state index is 12.4. The Bertz CT molecular complexity index is 1020. The van der Waals surface area contributed by atoms with E-state index in [4.69, 9.17) is 0 Å². The summed E-state index contributed by atoms with van der Waals surface area (Å²) in [7, 11) is 0. The quantitative estimate of drug-likeness (QED) is 0.388. The van der Waals surface area contributed by atoms with Gasteiger partial charge in [-0.3, -0.25) is 0 Å². The molecule has 0 saturated carbocycles. The SMILES string of the molecule is CC(C)Sc1ccc(-c2ccccc2NC(=O)Nc2ccc(OC(F)(F)F)cc2)cc1. The molecule has 0 fully saturated rings. The van der Waals surface area contributed by atoms with Crippen LogP contribution < -0.4 is 15.4 Å². The molecule has 3 aromatic rings. The van der Waals surface area contributed by atoms with E-state index in [0.717, 1.165) is 23.3 Å². The van der Waals surface area contributed by atoms with Crippen LogP contribution >= 0.6 is 11.8 Å². The number of urea groups is 1. The molecular weight excluding hydrogens is 425 g/mol. The van der Waals surface area contributed by atoms with Crippen molar-refractivity contribution in [2.24, 2.45) is 0 Å². The maximum Gasteiger partial charge on any atom is 0.573 e. The smallest absolute Gasteiger partial charge is 0.406 e. The first kappa shape index (κ1) is 22.6. The van der Waals surface area contributed by atoms with E-state index in [1.807, 2.05) is 42.5 Å². The summed E-state index contributed by atoms with van der Waals surface area (Å²) in [4.78, 5) is 13.6. The molecule has 0 radical (unpaired) electrons. The van der Waals surface area contributed by atoms with Crippen LogP contribution in [0.25, 0.3) is 11.1 Å². The third-order valence-corrected chi connectivity index (χ3v) is 5.07. The monoisotopic (exact) mass is 446 g/mol. The van der Waals surface area contributed by atoms with E-state index in [1.165, 1.54) is 17.0 Å². The second kappa shape index (κ2) is 9.78. The summed E-state index contributed by atoms with van der Waals surface area (Å²) >= 11 is 1.77. The minimum absolute atomic E-state index is 0.333. The third kappa shape index (κ3) is 6.96. The lowest BCUT2D eigenvalue weighted by molar-refractivity contribution is -0.274. The van der Waals surface area contributed by atoms with Crippen molar-refractivity contribution in [1.29, 1.82) is 0 Å². The van der Waals surface area contributed by atoms with Crippen molar-refractivity contribution >= 4 is 29.2 Å². The normalized spacial score (nSPS) is 11.3. The van der Waals surface area contributed by atoms with Gasteiger partial charge in [0, 0.05) is 21.4 Å². The standard InChI is InChI=1S/C23H21F3N2O2S/c1-15(2)31-19-13-7-16(8-14-19)20-5-3-4-6-21(20)28-22(29)27-17-9-11-18(12-10-17)30-23(24,25)26/h3-15H,1-2H3,(H2,27,28,29). The Morgan fingerprint density at radius 3 is 2.16 bits per heavy atom. The zero-order chi connectivity index (χ0) is 22.4. The number of anilines is 2. The highest BCUT2D eigenvalue weighted by Crippen LogP contribution is 2.31. The molecule has 2 amide bonds. The van der Waals surface area contributed by atoms with Gasteiger partial charge in [0.1, 0.15) is 5.75 Å². The van der Waals surface area contributed by atoms with Crippen molar-refractivity contribution in [3.63, 3.8) is 0 Å². The van der Waals surface area contributed by atoms with Gasteiger partial charge in [-0.1, -0.05) is 44.2 Å². The number of halogens is 3. The van der Waals surface area contributed by atoms with Gasteiger partial charge in [0.25, 0.3) is 0 Å². The van der Waals surface area contributed by atoms with E-state index in [9.17, 15) is 18.0 Å². The first-order chi connectivity index (χ1) is 14.7. The number of rotatable bonds is 6. The second-order valence-corrected chi connectivity index (χ2v) is 8.54. The molecule has 0 saturated heterocycles. The van der Waals surface area contributed by atoms with Gasteiger partial charge in [-0.2, -0.15) is 0 Å². The largest absolute Gasteiger partial charge is 0.573 e. The number of hydrogen-bond donors (Lipinski definition) is 2. The minimum atomic E-state index is -4.76. The summed E-state index contributed by atoms with van der Waals surface area (Å²) in [5.41, 5.74) is 2.76. The Morgan fingerprint density at radius 1 is 0.903 bits per heavy atom. The van der Waals surface area contributed by atoms with Crippen LogP contribution in [-0.4, -0.2) is 17.6 Å². The topological polar surface area (TPSA) is 50.4 Å². The molecule has 0 unspecified atom stereocenters. The number of benzene rings is 3. The second-order valence-electron chi connectivity index (χ2n) is 6.89. The van der Waals surface area contributed by atoms with Gasteiger partial charge < -0.3 is 15.4 Å². The Morgan fingerprint density at radius 2 is 1.55 bits per heavy atom. The van der Waals surface area contributed by atoms with Crippen molar-refractivity contribution in [2.45, 2.75) is 30.4 Å². The van der Waals surface area contributed by atoms with Crippen LogP contribution in [0.5, 0.6) is 5.75 Å². The summed E-state index contributed by atoms with van der Waals surface area (Å²) < 4.78 is 40.6. The maximum absolute atomic E-state index is 12.4. The molecule has 162 valence electrons. The van der Waals surface area contributed by atoms with Crippen LogP contribution in [0.15, 0.2) is 77.7 Å². The fourth-order valence-electron chi connectivity index (χ4n) is 2.85. The number of alkyl halides is 3. The molecule has 4 nitrogen and oxygen atoms in total. The van der Waals surface area contributed by atoms with Crippen molar-refractivity contribution < 1.29 is 22.7 Å². The Balaban J connectivity index is 1.68. The van der Waals surface area contributed by atoms with E-state index in [1.54, 1.807) is 17.8 Å². The van der Waals surface area contributed by atoms with Crippen LogP contribution in [-0.2, 0) is 0 Å². The van der Waals surface area contributed by atoms with Crippen LogP contribution in [0.3, 0.4) is 0 Å². The number of hydrogen-bond acceptors (Lipinski definition) is 3. The summed E-state index contributed by atoms with van der Waals surface area (Å²) in [6.07, 6.45) is -4.76. The van der Waals surface area contributed by atoms with E-state index < -0.39 is 12.4 Å². The number of amides is 2. The average molecular weight is 446 g/mol. The zero-order valence-electron chi connectivity index (χ0n) is 16.9. The number of para-hydroxylation sites is 1. The number of thioether (sulfide) groups is 1. The molecule has 31 heavy (non-hydrogen) atoms. The Hall–Kier alpha value is -3.13. The van der Waals surface area contributed by atoms with Gasteiger partial charge >= 0.3 is 12.4 Å². The van der Waals surface area contributed by atoms with E-state index in [-0.39, 0.29) is 5.75 Å². The highest BCUT2D eigenvalue weighted by Gasteiger charge is 2.30. The van der Waals surface area contributed by atoms with Gasteiger partial charge in [-0.15, -0.1) is 24.9 Å². The third-order valence-electron chi connectivity index (χ3n) is 4.06. The lowest BCUT2D eigenvalue weighted by Crippen LogP contribution is -2.20. The van der Waals surface area contributed by atoms with Gasteiger partial charge in [-0.05, 0) is 48.0 Å². The number of carbonyl (C=O) groups is 1. The molecule has 3 aromatic carbocycles. The molecular formula is C23H21F3N2O2S. The number of nitrogens with one attached hydrogen (secondary N) is 2. The predicted molar refractivity (Wildman–Crippen MR) is 119 cm³/mol. The van der Waals surface area contributed by atoms with Crippen molar-refractivity contribution in [2.75, 3.05) is 10.6 Å². The van der Waals surface area contributed by atoms with Gasteiger partial charge in [0.05, 0.1) is 5.69 Å². The Labute approximate surface area is 182 Å². The molecule has 0 spiro atoms. The predicted octanol–water partition coefficient (Wildman–Crippen LogP) is 7.40. The fourth-order valence-corrected chi connectivity index (χ4v) is 3.69. The lowest BCUT2D eigenvalue weighted by atomic mass is 10.0.